The number of thiazole rings is 1. The predicted molar refractivity (Wildman–Crippen MR) is 130 cm³/mol. The lowest BCUT2D eigenvalue weighted by Crippen LogP contribution is -2.27. The van der Waals surface area contributed by atoms with Gasteiger partial charge in [0, 0.05) is 23.9 Å². The molecule has 2 aromatic heterocycles. The summed E-state index contributed by atoms with van der Waals surface area (Å²) in [5.41, 5.74) is 4.70. The fourth-order valence-electron chi connectivity index (χ4n) is 3.55. The Morgan fingerprint density at radius 2 is 1.67 bits per heavy atom. The number of amides is 1. The normalized spacial score (nSPS) is 11.0. The van der Waals surface area contributed by atoms with Crippen LogP contribution in [0.5, 0.6) is 0 Å². The highest BCUT2D eigenvalue weighted by Gasteiger charge is 2.13. The van der Waals surface area contributed by atoms with Gasteiger partial charge in [0.1, 0.15) is 11.6 Å². The van der Waals surface area contributed by atoms with E-state index in [2.05, 4.69) is 10.3 Å². The predicted octanol–water partition coefficient (Wildman–Crippen LogP) is 4.98. The van der Waals surface area contributed by atoms with Gasteiger partial charge in [-0.05, 0) is 24.3 Å². The van der Waals surface area contributed by atoms with Gasteiger partial charge in [-0.25, -0.2) is 9.67 Å². The zero-order valence-corrected chi connectivity index (χ0v) is 18.7. The maximum absolute atomic E-state index is 12.4. The monoisotopic (exact) mass is 454 g/mol. The third-order valence-corrected chi connectivity index (χ3v) is 6.14. The van der Waals surface area contributed by atoms with Crippen LogP contribution in [0.2, 0.25) is 0 Å². The molecule has 0 aliphatic rings. The molecule has 1 N–H and O–H groups in total. The molecule has 2 heterocycles. The fraction of sp³-hybridized carbons (Fsp3) is 0.115. The number of nitrogens with one attached hydrogen (secondary N) is 1. The molecule has 0 fully saturated rings. The SMILES string of the molecule is O=C(COCc1nc2ccccc2s1)NCc1cn(-c2ccccc2)nc1-c1ccccc1. The summed E-state index contributed by atoms with van der Waals surface area (Å²) in [4.78, 5) is 17.0. The lowest BCUT2D eigenvalue weighted by Gasteiger charge is -2.06. The van der Waals surface area contributed by atoms with Crippen LogP contribution in [0.15, 0.2) is 91.1 Å². The van der Waals surface area contributed by atoms with Crippen LogP contribution in [0, 0.1) is 0 Å². The number of nitrogens with zero attached hydrogens (tertiary/aromatic N) is 3. The fourth-order valence-corrected chi connectivity index (χ4v) is 4.45. The first-order valence-electron chi connectivity index (χ1n) is 10.6. The summed E-state index contributed by atoms with van der Waals surface area (Å²) < 4.78 is 8.56. The van der Waals surface area contributed by atoms with Crippen molar-refractivity contribution < 1.29 is 9.53 Å². The minimum atomic E-state index is -0.178. The van der Waals surface area contributed by atoms with E-state index >= 15 is 0 Å². The van der Waals surface area contributed by atoms with Crippen molar-refractivity contribution >= 4 is 27.5 Å². The second-order valence-corrected chi connectivity index (χ2v) is 8.61. The van der Waals surface area contributed by atoms with Gasteiger partial charge in [0.15, 0.2) is 0 Å². The molecule has 164 valence electrons. The average molecular weight is 455 g/mol. The zero-order valence-electron chi connectivity index (χ0n) is 17.8. The van der Waals surface area contributed by atoms with Crippen LogP contribution >= 0.6 is 11.3 Å². The summed E-state index contributed by atoms with van der Waals surface area (Å²) in [7, 11) is 0. The Labute approximate surface area is 195 Å². The highest BCUT2D eigenvalue weighted by atomic mass is 32.1. The van der Waals surface area contributed by atoms with Gasteiger partial charge in [-0.3, -0.25) is 4.79 Å². The maximum atomic E-state index is 12.4. The van der Waals surface area contributed by atoms with Crippen LogP contribution in [0.1, 0.15) is 10.6 Å². The molecule has 0 saturated carbocycles. The van der Waals surface area contributed by atoms with Gasteiger partial charge in [-0.2, -0.15) is 5.10 Å². The van der Waals surface area contributed by atoms with Gasteiger partial charge in [0.25, 0.3) is 0 Å². The zero-order chi connectivity index (χ0) is 22.5. The van der Waals surface area contributed by atoms with E-state index in [1.807, 2.05) is 95.8 Å². The molecule has 0 aliphatic carbocycles. The van der Waals surface area contributed by atoms with Crippen molar-refractivity contribution in [1.82, 2.24) is 20.1 Å². The van der Waals surface area contributed by atoms with Gasteiger partial charge < -0.3 is 10.1 Å². The van der Waals surface area contributed by atoms with E-state index in [0.29, 0.717) is 13.2 Å². The summed E-state index contributed by atoms with van der Waals surface area (Å²) in [6, 6.07) is 27.9. The number of hydrogen-bond donors (Lipinski definition) is 1. The van der Waals surface area contributed by atoms with Gasteiger partial charge in [-0.15, -0.1) is 11.3 Å². The van der Waals surface area contributed by atoms with Crippen LogP contribution in [0.3, 0.4) is 0 Å². The number of benzene rings is 3. The minimum Gasteiger partial charge on any atom is -0.364 e. The minimum absolute atomic E-state index is 0.0244. The molecule has 0 saturated heterocycles. The summed E-state index contributed by atoms with van der Waals surface area (Å²) in [6.07, 6.45) is 1.96. The molecule has 0 spiro atoms. The van der Waals surface area contributed by atoms with Gasteiger partial charge in [-0.1, -0.05) is 60.7 Å². The third-order valence-electron chi connectivity index (χ3n) is 5.13. The summed E-state index contributed by atoms with van der Waals surface area (Å²) in [5.74, 6) is -0.178. The molecule has 0 unspecified atom stereocenters. The van der Waals surface area contributed by atoms with Crippen LogP contribution in [-0.4, -0.2) is 27.3 Å². The molecule has 7 heteroatoms. The Balaban J connectivity index is 1.23. The molecule has 0 aliphatic heterocycles. The highest BCUT2D eigenvalue weighted by molar-refractivity contribution is 7.18. The molecule has 0 bridgehead atoms. The van der Waals surface area contributed by atoms with Crippen molar-refractivity contribution in [2.24, 2.45) is 0 Å². The number of aromatic nitrogens is 3. The summed E-state index contributed by atoms with van der Waals surface area (Å²) in [6.45, 7) is 0.651. The quantitative estimate of drug-likeness (QED) is 0.359. The van der Waals surface area contributed by atoms with Crippen molar-refractivity contribution in [1.29, 1.82) is 0 Å². The molecule has 3 aromatic carbocycles. The average Bonchev–Trinajstić information content (AvgIpc) is 3.48. The topological polar surface area (TPSA) is 69.0 Å². The van der Waals surface area contributed by atoms with Crippen molar-refractivity contribution in [3.8, 4) is 16.9 Å². The Kier molecular flexibility index (Phi) is 6.23. The van der Waals surface area contributed by atoms with Gasteiger partial charge in [0.05, 0.1) is 28.2 Å². The van der Waals surface area contributed by atoms with Crippen molar-refractivity contribution in [2.75, 3.05) is 6.61 Å². The van der Waals surface area contributed by atoms with E-state index in [0.717, 1.165) is 37.7 Å². The Bertz CT molecular complexity index is 1330. The van der Waals surface area contributed by atoms with E-state index in [4.69, 9.17) is 9.84 Å². The molecule has 1 amide bonds. The Morgan fingerprint density at radius 1 is 0.939 bits per heavy atom. The number of carbonyl (C=O) groups is 1. The molecule has 0 atom stereocenters. The number of fused-ring (bicyclic) bond motifs is 1. The van der Waals surface area contributed by atoms with Crippen LogP contribution in [0.25, 0.3) is 27.2 Å². The number of rotatable bonds is 8. The molecular formula is C26H22N4O2S. The number of para-hydroxylation sites is 2. The van der Waals surface area contributed by atoms with Crippen LogP contribution in [-0.2, 0) is 22.7 Å². The van der Waals surface area contributed by atoms with E-state index in [-0.39, 0.29) is 12.5 Å². The number of carbonyl (C=O) groups excluding carboxylic acids is 1. The Morgan fingerprint density at radius 3 is 2.45 bits per heavy atom. The first kappa shape index (κ1) is 21.1. The summed E-state index contributed by atoms with van der Waals surface area (Å²) in [5, 5.41) is 8.59. The van der Waals surface area contributed by atoms with E-state index in [1.165, 1.54) is 0 Å². The number of hydrogen-bond acceptors (Lipinski definition) is 5. The number of ether oxygens (including phenoxy) is 1. The summed E-state index contributed by atoms with van der Waals surface area (Å²) >= 11 is 1.58. The van der Waals surface area contributed by atoms with Gasteiger partial charge in [0.2, 0.25) is 5.91 Å². The molecular weight excluding hydrogens is 432 g/mol. The standard InChI is InChI=1S/C26H22N4O2S/c31-24(17-32-18-25-28-22-13-7-8-14-23(22)33-25)27-15-20-16-30(21-11-5-2-6-12-21)29-26(20)19-9-3-1-4-10-19/h1-14,16H,15,17-18H2,(H,27,31). The first-order valence-corrected chi connectivity index (χ1v) is 11.5. The van der Waals surface area contributed by atoms with Crippen LogP contribution < -0.4 is 5.32 Å². The molecule has 5 rings (SSSR count). The molecule has 0 radical (unpaired) electrons. The molecule has 6 nitrogen and oxygen atoms in total. The lowest BCUT2D eigenvalue weighted by molar-refractivity contribution is -0.126. The van der Waals surface area contributed by atoms with E-state index in [1.54, 1.807) is 11.3 Å². The van der Waals surface area contributed by atoms with Crippen molar-refractivity contribution in [3.05, 3.63) is 102 Å². The van der Waals surface area contributed by atoms with Crippen LogP contribution in [0.4, 0.5) is 0 Å². The second kappa shape index (κ2) is 9.77. The molecule has 33 heavy (non-hydrogen) atoms. The largest absolute Gasteiger partial charge is 0.364 e. The van der Waals surface area contributed by atoms with Crippen molar-refractivity contribution in [2.45, 2.75) is 13.2 Å². The maximum Gasteiger partial charge on any atom is 0.246 e. The van der Waals surface area contributed by atoms with E-state index in [9.17, 15) is 4.79 Å². The van der Waals surface area contributed by atoms with Crippen molar-refractivity contribution in [3.63, 3.8) is 0 Å². The van der Waals surface area contributed by atoms with E-state index < -0.39 is 0 Å². The highest BCUT2D eigenvalue weighted by Crippen LogP contribution is 2.24. The third kappa shape index (κ3) is 5.00. The smallest absolute Gasteiger partial charge is 0.246 e. The molecule has 5 aromatic rings. The van der Waals surface area contributed by atoms with Gasteiger partial charge >= 0.3 is 0 Å². The Hall–Kier alpha value is -3.81. The first-order chi connectivity index (χ1) is 16.3. The lowest BCUT2D eigenvalue weighted by atomic mass is 10.1. The second-order valence-electron chi connectivity index (χ2n) is 7.49.